The summed E-state index contributed by atoms with van der Waals surface area (Å²) >= 11 is 12.2. The molecular formula is C7H18Cl2N2Si. The van der Waals surface area contributed by atoms with E-state index >= 15 is 0 Å². The summed E-state index contributed by atoms with van der Waals surface area (Å²) in [4.78, 5) is 0. The summed E-state index contributed by atoms with van der Waals surface area (Å²) in [5.41, 5.74) is 5.32. The van der Waals surface area contributed by atoms with Crippen LogP contribution in [0.1, 0.15) is 13.3 Å². The Morgan fingerprint density at radius 3 is 2.50 bits per heavy atom. The van der Waals surface area contributed by atoms with Crippen LogP contribution in [-0.2, 0) is 0 Å². The molecule has 0 aromatic rings. The molecule has 0 rings (SSSR count). The molecular weight excluding hydrogens is 211 g/mol. The summed E-state index contributed by atoms with van der Waals surface area (Å²) in [5, 5.41) is 3.21. The Balaban J connectivity index is 3.19. The van der Waals surface area contributed by atoms with E-state index in [2.05, 4.69) is 12.2 Å². The fraction of sp³-hybridized carbons (Fsp3) is 1.00. The summed E-state index contributed by atoms with van der Waals surface area (Å²) < 4.78 is 0. The van der Waals surface area contributed by atoms with Crippen LogP contribution < -0.4 is 11.1 Å². The van der Waals surface area contributed by atoms with E-state index in [0.29, 0.717) is 6.54 Å². The van der Waals surface area contributed by atoms with E-state index in [-0.39, 0.29) is 0 Å². The van der Waals surface area contributed by atoms with Gasteiger partial charge in [-0.2, -0.15) is 0 Å². The Morgan fingerprint density at radius 2 is 2.00 bits per heavy atom. The first-order valence-electron chi connectivity index (χ1n) is 4.41. The number of halogens is 2. The van der Waals surface area contributed by atoms with Crippen LogP contribution in [0.3, 0.4) is 0 Å². The lowest BCUT2D eigenvalue weighted by Gasteiger charge is -2.13. The molecule has 0 aliphatic rings. The van der Waals surface area contributed by atoms with Gasteiger partial charge < -0.3 is 11.1 Å². The average Bonchev–Trinajstić information content (AvgIpc) is 2.04. The van der Waals surface area contributed by atoms with Gasteiger partial charge in [-0.1, -0.05) is 6.92 Å². The van der Waals surface area contributed by atoms with Gasteiger partial charge in [0.1, 0.15) is 0 Å². The number of nitrogens with one attached hydrogen (secondary N) is 1. The third kappa shape index (κ3) is 7.37. The number of hydrogen-bond acceptors (Lipinski definition) is 2. The monoisotopic (exact) mass is 228 g/mol. The highest BCUT2D eigenvalue weighted by atomic mass is 35.7. The summed E-state index contributed by atoms with van der Waals surface area (Å²) in [6, 6.07) is 1.91. The van der Waals surface area contributed by atoms with Crippen molar-refractivity contribution >= 4 is 28.9 Å². The van der Waals surface area contributed by atoms with Crippen molar-refractivity contribution in [3.05, 3.63) is 0 Å². The Labute approximate surface area is 85.2 Å². The van der Waals surface area contributed by atoms with Gasteiger partial charge >= 0.3 is 0 Å². The Bertz CT molecular complexity index is 112. The lowest BCUT2D eigenvalue weighted by molar-refractivity contribution is 0.676. The molecule has 0 spiro atoms. The third-order valence-corrected chi connectivity index (χ3v) is 6.59. The molecule has 0 bridgehead atoms. The van der Waals surface area contributed by atoms with Crippen molar-refractivity contribution in [3.63, 3.8) is 0 Å². The SMILES string of the molecule is CC[Si](Cl)(Cl)CCCNCCN. The molecule has 0 amide bonds. The molecule has 0 unspecified atom stereocenters. The summed E-state index contributed by atoms with van der Waals surface area (Å²) in [7, 11) is 0. The second-order valence-corrected chi connectivity index (χ2v) is 10.7. The van der Waals surface area contributed by atoms with E-state index in [4.69, 9.17) is 27.9 Å². The average molecular weight is 229 g/mol. The first-order chi connectivity index (χ1) is 5.62. The van der Waals surface area contributed by atoms with Gasteiger partial charge in [0.15, 0.2) is 0 Å². The zero-order chi connectivity index (χ0) is 9.45. The fourth-order valence-electron chi connectivity index (χ4n) is 0.876. The van der Waals surface area contributed by atoms with Crippen LogP contribution in [0.15, 0.2) is 0 Å². The molecule has 0 fully saturated rings. The van der Waals surface area contributed by atoms with Crippen molar-refractivity contribution < 1.29 is 0 Å². The van der Waals surface area contributed by atoms with Gasteiger partial charge in [0.25, 0.3) is 6.69 Å². The van der Waals surface area contributed by atoms with E-state index < -0.39 is 6.69 Å². The largest absolute Gasteiger partial charge is 0.329 e. The van der Waals surface area contributed by atoms with Crippen molar-refractivity contribution in [1.82, 2.24) is 5.32 Å². The maximum absolute atomic E-state index is 6.09. The third-order valence-electron chi connectivity index (χ3n) is 1.73. The molecule has 74 valence electrons. The Kier molecular flexibility index (Phi) is 7.58. The maximum atomic E-state index is 6.09. The van der Waals surface area contributed by atoms with Gasteiger partial charge in [-0.15, -0.1) is 22.2 Å². The molecule has 12 heavy (non-hydrogen) atoms. The molecule has 2 nitrogen and oxygen atoms in total. The van der Waals surface area contributed by atoms with E-state index in [1.807, 2.05) is 0 Å². The number of rotatable bonds is 7. The smallest absolute Gasteiger partial charge is 0.251 e. The van der Waals surface area contributed by atoms with E-state index in [9.17, 15) is 0 Å². The van der Waals surface area contributed by atoms with Gasteiger partial charge in [0.2, 0.25) is 0 Å². The molecule has 0 saturated carbocycles. The summed E-state index contributed by atoms with van der Waals surface area (Å²) in [6.07, 6.45) is 1.06. The molecule has 0 saturated heterocycles. The van der Waals surface area contributed by atoms with Gasteiger partial charge in [0, 0.05) is 13.1 Å². The minimum atomic E-state index is -1.86. The highest BCUT2D eigenvalue weighted by Crippen LogP contribution is 2.25. The van der Waals surface area contributed by atoms with Crippen molar-refractivity contribution in [2.45, 2.75) is 25.4 Å². The van der Waals surface area contributed by atoms with E-state index in [0.717, 1.165) is 31.6 Å². The van der Waals surface area contributed by atoms with E-state index in [1.54, 1.807) is 0 Å². The summed E-state index contributed by atoms with van der Waals surface area (Å²) in [5.74, 6) is 0. The van der Waals surface area contributed by atoms with Gasteiger partial charge in [0.05, 0.1) is 0 Å². The van der Waals surface area contributed by atoms with Crippen LogP contribution in [0.2, 0.25) is 12.1 Å². The Hall–Kier alpha value is 0.717. The quantitative estimate of drug-likeness (QED) is 0.397. The van der Waals surface area contributed by atoms with E-state index in [1.165, 1.54) is 0 Å². The van der Waals surface area contributed by atoms with Crippen LogP contribution >= 0.6 is 22.2 Å². The predicted molar refractivity (Wildman–Crippen MR) is 59.3 cm³/mol. The standard InChI is InChI=1S/C7H18Cl2N2Si/c1-2-12(8,9)7-3-5-11-6-4-10/h11H,2-7,10H2,1H3. The highest BCUT2D eigenvalue weighted by Gasteiger charge is 2.24. The van der Waals surface area contributed by atoms with Gasteiger partial charge in [-0.3, -0.25) is 0 Å². The van der Waals surface area contributed by atoms with Crippen molar-refractivity contribution in [3.8, 4) is 0 Å². The van der Waals surface area contributed by atoms with Crippen LogP contribution in [-0.4, -0.2) is 26.3 Å². The molecule has 0 aromatic heterocycles. The second kappa shape index (κ2) is 7.15. The van der Waals surface area contributed by atoms with Crippen LogP contribution in [0.25, 0.3) is 0 Å². The van der Waals surface area contributed by atoms with Crippen LogP contribution in [0.5, 0.6) is 0 Å². The molecule has 0 aliphatic heterocycles. The van der Waals surface area contributed by atoms with Crippen molar-refractivity contribution in [2.75, 3.05) is 19.6 Å². The van der Waals surface area contributed by atoms with Crippen molar-refractivity contribution in [2.24, 2.45) is 5.73 Å². The predicted octanol–water partition coefficient (Wildman–Crippen LogP) is 1.86. The second-order valence-electron chi connectivity index (χ2n) is 2.85. The van der Waals surface area contributed by atoms with Gasteiger partial charge in [-0.25, -0.2) is 0 Å². The molecule has 0 aliphatic carbocycles. The topological polar surface area (TPSA) is 38.0 Å². The maximum Gasteiger partial charge on any atom is 0.251 e. The lowest BCUT2D eigenvalue weighted by atomic mass is 10.5. The fourth-order valence-corrected chi connectivity index (χ4v) is 2.73. The minimum absolute atomic E-state index is 0.693. The molecule has 0 atom stereocenters. The molecule has 5 heteroatoms. The first kappa shape index (κ1) is 12.7. The lowest BCUT2D eigenvalue weighted by Crippen LogP contribution is -2.25. The van der Waals surface area contributed by atoms with Crippen LogP contribution in [0.4, 0.5) is 0 Å². The number of hydrogen-bond donors (Lipinski definition) is 2. The van der Waals surface area contributed by atoms with Crippen LogP contribution in [0, 0.1) is 0 Å². The normalized spacial score (nSPS) is 12.0. The number of nitrogens with two attached hydrogens (primary N) is 1. The molecule has 0 radical (unpaired) electrons. The Morgan fingerprint density at radius 1 is 1.33 bits per heavy atom. The van der Waals surface area contributed by atoms with Gasteiger partial charge in [-0.05, 0) is 25.1 Å². The molecule has 0 heterocycles. The zero-order valence-corrected chi connectivity index (χ0v) is 10.1. The summed E-state index contributed by atoms with van der Waals surface area (Å²) in [6.45, 7) is 2.74. The molecule has 0 aromatic carbocycles. The molecule has 3 N–H and O–H groups in total. The zero-order valence-electron chi connectivity index (χ0n) is 7.58. The first-order valence-corrected chi connectivity index (χ1v) is 8.85. The van der Waals surface area contributed by atoms with Crippen molar-refractivity contribution in [1.29, 1.82) is 0 Å². The minimum Gasteiger partial charge on any atom is -0.329 e. The highest BCUT2D eigenvalue weighted by molar-refractivity contribution is 7.45.